The lowest BCUT2D eigenvalue weighted by molar-refractivity contribution is -0.384. The van der Waals surface area contributed by atoms with Crippen LogP contribution in [0.2, 0.25) is 0 Å². The van der Waals surface area contributed by atoms with Gasteiger partial charge >= 0.3 is 0 Å². The number of anilines is 1. The molecule has 7 nitrogen and oxygen atoms in total. The zero-order valence-corrected chi connectivity index (χ0v) is 10.8. The van der Waals surface area contributed by atoms with E-state index < -0.39 is 4.92 Å². The highest BCUT2D eigenvalue weighted by Crippen LogP contribution is 2.39. The van der Waals surface area contributed by atoms with E-state index >= 15 is 0 Å². The largest absolute Gasteiger partial charge is 0.486 e. The maximum absolute atomic E-state index is 11.1. The highest BCUT2D eigenvalue weighted by atomic mass is 16.6. The first-order chi connectivity index (χ1) is 9.11. The number of ether oxygens (including phenoxy) is 3. The molecule has 7 heteroatoms. The molecule has 19 heavy (non-hydrogen) atoms. The van der Waals surface area contributed by atoms with Crippen LogP contribution in [0.25, 0.3) is 0 Å². The van der Waals surface area contributed by atoms with Gasteiger partial charge in [0.15, 0.2) is 11.5 Å². The van der Waals surface area contributed by atoms with E-state index in [4.69, 9.17) is 14.2 Å². The van der Waals surface area contributed by atoms with Gasteiger partial charge in [-0.05, 0) is 6.92 Å². The molecule has 2 rings (SSSR count). The highest BCUT2D eigenvalue weighted by Gasteiger charge is 2.23. The van der Waals surface area contributed by atoms with Crippen molar-refractivity contribution in [1.82, 2.24) is 0 Å². The Kier molecular flexibility index (Phi) is 4.06. The minimum Gasteiger partial charge on any atom is -0.486 e. The number of methoxy groups -OCH3 is 1. The van der Waals surface area contributed by atoms with Crippen LogP contribution in [0.4, 0.5) is 11.4 Å². The summed E-state index contributed by atoms with van der Waals surface area (Å²) in [4.78, 5) is 10.6. The second-order valence-corrected chi connectivity index (χ2v) is 4.27. The van der Waals surface area contributed by atoms with Crippen LogP contribution in [0.15, 0.2) is 12.1 Å². The Hall–Kier alpha value is -2.02. The van der Waals surface area contributed by atoms with E-state index in [-0.39, 0.29) is 11.7 Å². The zero-order valence-electron chi connectivity index (χ0n) is 10.8. The van der Waals surface area contributed by atoms with Gasteiger partial charge in [0, 0.05) is 19.2 Å². The summed E-state index contributed by atoms with van der Waals surface area (Å²) in [6.45, 7) is 3.17. The average molecular weight is 268 g/mol. The van der Waals surface area contributed by atoms with Crippen LogP contribution >= 0.6 is 0 Å². The molecule has 0 saturated carbocycles. The van der Waals surface area contributed by atoms with Gasteiger partial charge in [-0.1, -0.05) is 0 Å². The van der Waals surface area contributed by atoms with Crippen LogP contribution in [-0.4, -0.2) is 37.9 Å². The lowest BCUT2D eigenvalue weighted by atomic mass is 10.2. The third-order valence-electron chi connectivity index (χ3n) is 2.68. The van der Waals surface area contributed by atoms with Gasteiger partial charge in [-0.3, -0.25) is 10.1 Å². The van der Waals surface area contributed by atoms with Crippen molar-refractivity contribution in [2.75, 3.05) is 32.2 Å². The number of nitro groups is 1. The number of nitro benzene ring substituents is 1. The van der Waals surface area contributed by atoms with E-state index in [0.717, 1.165) is 0 Å². The molecule has 1 aromatic rings. The van der Waals surface area contributed by atoms with Crippen molar-refractivity contribution in [2.45, 2.75) is 13.0 Å². The molecule has 0 fully saturated rings. The normalized spacial score (nSPS) is 14.8. The molecule has 1 N–H and O–H groups in total. The van der Waals surface area contributed by atoms with Crippen LogP contribution in [-0.2, 0) is 4.74 Å². The van der Waals surface area contributed by atoms with Gasteiger partial charge < -0.3 is 19.5 Å². The van der Waals surface area contributed by atoms with Gasteiger partial charge in [-0.25, -0.2) is 0 Å². The van der Waals surface area contributed by atoms with Crippen LogP contribution in [0, 0.1) is 10.1 Å². The molecule has 0 spiro atoms. The van der Waals surface area contributed by atoms with Crippen molar-refractivity contribution < 1.29 is 19.1 Å². The third-order valence-corrected chi connectivity index (χ3v) is 2.68. The van der Waals surface area contributed by atoms with E-state index in [1.54, 1.807) is 13.2 Å². The standard InChI is InChI=1S/C12H16N2O5/c1-8(7-17-2)13-9-5-11-12(19-4-3-18-11)6-10(9)14(15)16/h5-6,8,13H,3-4,7H2,1-2H3. The molecule has 0 bridgehead atoms. The smallest absolute Gasteiger partial charge is 0.296 e. The summed E-state index contributed by atoms with van der Waals surface area (Å²) in [5.41, 5.74) is 0.367. The summed E-state index contributed by atoms with van der Waals surface area (Å²) >= 11 is 0. The molecule has 0 saturated heterocycles. The minimum absolute atomic E-state index is 0.0350. The maximum atomic E-state index is 11.1. The fourth-order valence-electron chi connectivity index (χ4n) is 1.90. The molecule has 104 valence electrons. The van der Waals surface area contributed by atoms with Crippen molar-refractivity contribution in [3.05, 3.63) is 22.2 Å². The molecule has 1 heterocycles. The van der Waals surface area contributed by atoms with E-state index in [9.17, 15) is 10.1 Å². The van der Waals surface area contributed by atoms with Gasteiger partial charge in [0.1, 0.15) is 18.9 Å². The van der Waals surface area contributed by atoms with Gasteiger partial charge in [-0.15, -0.1) is 0 Å². The van der Waals surface area contributed by atoms with Gasteiger partial charge in [-0.2, -0.15) is 0 Å². The van der Waals surface area contributed by atoms with Gasteiger partial charge in [0.2, 0.25) is 0 Å². The monoisotopic (exact) mass is 268 g/mol. The molecular formula is C12H16N2O5. The van der Waals surface area contributed by atoms with Gasteiger partial charge in [0.05, 0.1) is 17.6 Å². The Bertz CT molecular complexity index is 477. The summed E-state index contributed by atoms with van der Waals surface area (Å²) in [7, 11) is 1.58. The van der Waals surface area contributed by atoms with Gasteiger partial charge in [0.25, 0.3) is 5.69 Å². The van der Waals surface area contributed by atoms with Crippen LogP contribution in [0.3, 0.4) is 0 Å². The molecule has 1 atom stereocenters. The minimum atomic E-state index is -0.444. The van der Waals surface area contributed by atoms with Crippen molar-refractivity contribution in [3.8, 4) is 11.5 Å². The number of hydrogen-bond acceptors (Lipinski definition) is 6. The first kappa shape index (κ1) is 13.4. The Labute approximate surface area is 110 Å². The van der Waals surface area contributed by atoms with Crippen molar-refractivity contribution in [2.24, 2.45) is 0 Å². The van der Waals surface area contributed by atoms with Crippen molar-refractivity contribution in [1.29, 1.82) is 0 Å². The lowest BCUT2D eigenvalue weighted by Gasteiger charge is -2.20. The lowest BCUT2D eigenvalue weighted by Crippen LogP contribution is -2.22. The summed E-state index contributed by atoms with van der Waals surface area (Å²) in [5.74, 6) is 0.923. The van der Waals surface area contributed by atoms with Crippen molar-refractivity contribution in [3.63, 3.8) is 0 Å². The summed E-state index contributed by atoms with van der Waals surface area (Å²) in [5, 5.41) is 14.1. The predicted molar refractivity (Wildman–Crippen MR) is 69.0 cm³/mol. The zero-order chi connectivity index (χ0) is 13.8. The third kappa shape index (κ3) is 3.05. The Morgan fingerprint density at radius 2 is 2.05 bits per heavy atom. The van der Waals surface area contributed by atoms with E-state index in [2.05, 4.69) is 5.32 Å². The summed E-state index contributed by atoms with van der Waals surface area (Å²) in [6.07, 6.45) is 0. The number of hydrogen-bond donors (Lipinski definition) is 1. The highest BCUT2D eigenvalue weighted by molar-refractivity contribution is 5.69. The summed E-state index contributed by atoms with van der Waals surface area (Å²) < 4.78 is 15.8. The quantitative estimate of drug-likeness (QED) is 0.647. The average Bonchev–Trinajstić information content (AvgIpc) is 2.38. The fourth-order valence-corrected chi connectivity index (χ4v) is 1.90. The fraction of sp³-hybridized carbons (Fsp3) is 0.500. The molecule has 0 amide bonds. The Morgan fingerprint density at radius 1 is 1.42 bits per heavy atom. The summed E-state index contributed by atoms with van der Waals surface area (Å²) in [6, 6.07) is 2.93. The van der Waals surface area contributed by atoms with Crippen molar-refractivity contribution >= 4 is 11.4 Å². The van der Waals surface area contributed by atoms with Crippen LogP contribution in [0.1, 0.15) is 6.92 Å². The molecular weight excluding hydrogens is 252 g/mol. The SMILES string of the molecule is COCC(C)Nc1cc2c(cc1[N+](=O)[O-])OCCO2. The molecule has 1 aliphatic rings. The molecule has 0 aliphatic carbocycles. The number of nitrogens with one attached hydrogen (secondary N) is 1. The molecule has 1 aliphatic heterocycles. The topological polar surface area (TPSA) is 82.9 Å². The Balaban J connectivity index is 2.31. The molecule has 1 aromatic carbocycles. The predicted octanol–water partition coefficient (Wildman–Crippen LogP) is 1.81. The number of nitrogens with zero attached hydrogens (tertiary/aromatic N) is 1. The second kappa shape index (κ2) is 5.75. The number of fused-ring (bicyclic) bond motifs is 1. The van der Waals surface area contributed by atoms with Crippen LogP contribution < -0.4 is 14.8 Å². The first-order valence-corrected chi connectivity index (χ1v) is 5.95. The number of rotatable bonds is 5. The molecule has 0 radical (unpaired) electrons. The molecule has 0 aromatic heterocycles. The first-order valence-electron chi connectivity index (χ1n) is 5.95. The van der Waals surface area contributed by atoms with E-state index in [1.165, 1.54) is 6.07 Å². The maximum Gasteiger partial charge on any atom is 0.296 e. The number of benzene rings is 1. The Morgan fingerprint density at radius 3 is 2.63 bits per heavy atom. The van der Waals surface area contributed by atoms with E-state index in [1.807, 2.05) is 6.92 Å². The van der Waals surface area contributed by atoms with E-state index in [0.29, 0.717) is 37.0 Å². The second-order valence-electron chi connectivity index (χ2n) is 4.27. The molecule has 1 unspecified atom stereocenters. The van der Waals surface area contributed by atoms with Crippen LogP contribution in [0.5, 0.6) is 11.5 Å².